The maximum atomic E-state index is 13.4. The number of hydrogen-bond acceptors (Lipinski definition) is 3. The van der Waals surface area contributed by atoms with E-state index in [-0.39, 0.29) is 42.5 Å². The first-order valence-corrected chi connectivity index (χ1v) is 4.95. The van der Waals surface area contributed by atoms with Crippen LogP contribution in [0.25, 0.3) is 0 Å². The van der Waals surface area contributed by atoms with Crippen molar-refractivity contribution in [1.82, 2.24) is 4.90 Å². The molecule has 5 heteroatoms. The van der Waals surface area contributed by atoms with Crippen LogP contribution in [-0.4, -0.2) is 16.7 Å². The first-order valence-electron chi connectivity index (χ1n) is 4.95. The predicted molar refractivity (Wildman–Crippen MR) is 55.6 cm³/mol. The van der Waals surface area contributed by atoms with Gasteiger partial charge in [0.25, 0.3) is 0 Å². The van der Waals surface area contributed by atoms with E-state index in [2.05, 4.69) is 0 Å². The summed E-state index contributed by atoms with van der Waals surface area (Å²) in [6, 6.07) is 4.29. The number of nitrogens with zero attached hydrogens (tertiary/aromatic N) is 1. The van der Waals surface area contributed by atoms with Crippen LogP contribution in [0, 0.1) is 5.82 Å². The number of amides is 2. The van der Waals surface area contributed by atoms with E-state index in [1.165, 1.54) is 12.1 Å². The predicted octanol–water partition coefficient (Wildman–Crippen LogP) is 1.06. The molecule has 16 heavy (non-hydrogen) atoms. The summed E-state index contributed by atoms with van der Waals surface area (Å²) < 4.78 is 13.4. The molecule has 2 rings (SSSR count). The lowest BCUT2D eigenvalue weighted by Gasteiger charge is -2.15. The van der Waals surface area contributed by atoms with Crippen LogP contribution in [0.15, 0.2) is 18.2 Å². The number of likely N-dealkylation sites (tertiary alicyclic amines) is 1. The van der Waals surface area contributed by atoms with Crippen LogP contribution in [-0.2, 0) is 16.1 Å². The van der Waals surface area contributed by atoms with Crippen LogP contribution in [0.3, 0.4) is 0 Å². The summed E-state index contributed by atoms with van der Waals surface area (Å²) in [6.07, 6.45) is 0.403. The summed E-state index contributed by atoms with van der Waals surface area (Å²) in [6.45, 7) is -0.0732. The molecule has 1 aromatic rings. The highest BCUT2D eigenvalue weighted by atomic mass is 19.1. The lowest BCUT2D eigenvalue weighted by molar-refractivity contribution is -0.139. The van der Waals surface area contributed by atoms with E-state index in [1.807, 2.05) is 0 Å². The second-order valence-electron chi connectivity index (χ2n) is 3.68. The molecule has 0 saturated carbocycles. The van der Waals surface area contributed by atoms with E-state index < -0.39 is 5.82 Å². The van der Waals surface area contributed by atoms with Crippen molar-refractivity contribution in [3.8, 4) is 0 Å². The fraction of sp³-hybridized carbons (Fsp3) is 0.273. The Balaban J connectivity index is 2.27. The van der Waals surface area contributed by atoms with E-state index in [1.54, 1.807) is 6.07 Å². The molecule has 2 amide bonds. The summed E-state index contributed by atoms with van der Waals surface area (Å²) in [4.78, 5) is 23.8. The molecule has 1 aromatic carbocycles. The molecule has 1 saturated heterocycles. The SMILES string of the molecule is Nc1cccc(F)c1CN1C(=O)CCC1=O. The first kappa shape index (κ1) is 10.6. The van der Waals surface area contributed by atoms with Crippen LogP contribution in [0.5, 0.6) is 0 Å². The zero-order valence-electron chi connectivity index (χ0n) is 8.57. The second kappa shape index (κ2) is 3.92. The van der Waals surface area contributed by atoms with Crippen molar-refractivity contribution in [2.45, 2.75) is 19.4 Å². The average molecular weight is 222 g/mol. The van der Waals surface area contributed by atoms with Crippen LogP contribution in [0.2, 0.25) is 0 Å². The van der Waals surface area contributed by atoms with E-state index in [4.69, 9.17) is 5.73 Å². The largest absolute Gasteiger partial charge is 0.398 e. The van der Waals surface area contributed by atoms with Crippen molar-refractivity contribution in [1.29, 1.82) is 0 Å². The number of rotatable bonds is 2. The Hall–Kier alpha value is -1.91. The smallest absolute Gasteiger partial charge is 0.230 e. The fourth-order valence-electron chi connectivity index (χ4n) is 1.70. The van der Waals surface area contributed by atoms with E-state index in [0.717, 1.165) is 4.90 Å². The number of carbonyl (C=O) groups excluding carboxylic acids is 2. The number of halogens is 1. The van der Waals surface area contributed by atoms with Crippen molar-refractivity contribution in [3.63, 3.8) is 0 Å². The summed E-state index contributed by atoms with van der Waals surface area (Å²) in [7, 11) is 0. The first-order chi connectivity index (χ1) is 7.59. The minimum atomic E-state index is -0.493. The molecule has 0 unspecified atom stereocenters. The number of benzene rings is 1. The van der Waals surface area contributed by atoms with Gasteiger partial charge in [0.05, 0.1) is 6.54 Å². The Morgan fingerprint density at radius 3 is 2.44 bits per heavy atom. The minimum Gasteiger partial charge on any atom is -0.398 e. The third-order valence-electron chi connectivity index (χ3n) is 2.63. The number of carbonyl (C=O) groups is 2. The fourth-order valence-corrected chi connectivity index (χ4v) is 1.70. The lowest BCUT2D eigenvalue weighted by atomic mass is 10.1. The Kier molecular flexibility index (Phi) is 2.60. The molecule has 0 aromatic heterocycles. The van der Waals surface area contributed by atoms with Crippen molar-refractivity contribution in [2.75, 3.05) is 5.73 Å². The van der Waals surface area contributed by atoms with Crippen LogP contribution in [0.4, 0.5) is 10.1 Å². The Bertz CT molecular complexity index is 423. The second-order valence-corrected chi connectivity index (χ2v) is 3.68. The van der Waals surface area contributed by atoms with Gasteiger partial charge in [-0.2, -0.15) is 0 Å². The van der Waals surface area contributed by atoms with Gasteiger partial charge in [-0.05, 0) is 12.1 Å². The van der Waals surface area contributed by atoms with Gasteiger partial charge in [0.2, 0.25) is 11.8 Å². The molecule has 0 aliphatic carbocycles. The average Bonchev–Trinajstić information content (AvgIpc) is 2.54. The van der Waals surface area contributed by atoms with Crippen molar-refractivity contribution < 1.29 is 14.0 Å². The zero-order valence-corrected chi connectivity index (χ0v) is 8.57. The van der Waals surface area contributed by atoms with Gasteiger partial charge in [0, 0.05) is 24.1 Å². The van der Waals surface area contributed by atoms with E-state index in [0.29, 0.717) is 0 Å². The number of hydrogen-bond donors (Lipinski definition) is 1. The van der Waals surface area contributed by atoms with Crippen LogP contribution >= 0.6 is 0 Å². The molecule has 0 atom stereocenters. The number of nitrogen functional groups attached to an aromatic ring is 1. The topological polar surface area (TPSA) is 63.4 Å². The molecule has 2 N–H and O–H groups in total. The van der Waals surface area contributed by atoms with Gasteiger partial charge < -0.3 is 5.73 Å². The van der Waals surface area contributed by atoms with Crippen molar-refractivity contribution >= 4 is 17.5 Å². The third-order valence-corrected chi connectivity index (χ3v) is 2.63. The summed E-state index contributed by atoms with van der Waals surface area (Å²) in [5.74, 6) is -1.03. The summed E-state index contributed by atoms with van der Waals surface area (Å²) in [5, 5.41) is 0. The molecule has 0 spiro atoms. The van der Waals surface area contributed by atoms with Crippen molar-refractivity contribution in [2.24, 2.45) is 0 Å². The van der Waals surface area contributed by atoms with Gasteiger partial charge in [0.15, 0.2) is 0 Å². The molecular weight excluding hydrogens is 211 g/mol. The molecule has 1 aliphatic heterocycles. The highest BCUT2D eigenvalue weighted by Crippen LogP contribution is 2.21. The molecule has 1 aliphatic rings. The Morgan fingerprint density at radius 2 is 1.88 bits per heavy atom. The Labute approximate surface area is 91.8 Å². The van der Waals surface area contributed by atoms with Gasteiger partial charge in [-0.1, -0.05) is 6.07 Å². The van der Waals surface area contributed by atoms with Gasteiger partial charge in [0.1, 0.15) is 5.82 Å². The monoisotopic (exact) mass is 222 g/mol. The number of anilines is 1. The zero-order chi connectivity index (χ0) is 11.7. The molecule has 4 nitrogen and oxygen atoms in total. The lowest BCUT2D eigenvalue weighted by Crippen LogP contribution is -2.29. The third kappa shape index (κ3) is 1.76. The van der Waals surface area contributed by atoms with E-state index >= 15 is 0 Å². The normalized spacial score (nSPS) is 15.9. The maximum absolute atomic E-state index is 13.4. The summed E-state index contributed by atoms with van der Waals surface area (Å²) in [5.41, 5.74) is 6.06. The highest BCUT2D eigenvalue weighted by molar-refractivity contribution is 6.01. The molecule has 84 valence electrons. The molecule has 0 radical (unpaired) electrons. The summed E-state index contributed by atoms with van der Waals surface area (Å²) >= 11 is 0. The quantitative estimate of drug-likeness (QED) is 0.601. The molecule has 1 fully saturated rings. The van der Waals surface area contributed by atoms with Gasteiger partial charge >= 0.3 is 0 Å². The standard InChI is InChI=1S/C11H11FN2O2/c12-8-2-1-3-9(13)7(8)6-14-10(15)4-5-11(14)16/h1-3H,4-6,13H2. The molecule has 0 bridgehead atoms. The highest BCUT2D eigenvalue weighted by Gasteiger charge is 2.29. The Morgan fingerprint density at radius 1 is 1.25 bits per heavy atom. The van der Waals surface area contributed by atoms with E-state index in [9.17, 15) is 14.0 Å². The minimum absolute atomic E-state index is 0.0732. The van der Waals surface area contributed by atoms with Crippen LogP contribution in [0.1, 0.15) is 18.4 Å². The van der Waals surface area contributed by atoms with Gasteiger partial charge in [-0.15, -0.1) is 0 Å². The molecular formula is C11H11FN2O2. The van der Waals surface area contributed by atoms with Gasteiger partial charge in [-0.25, -0.2) is 4.39 Å². The van der Waals surface area contributed by atoms with Crippen molar-refractivity contribution in [3.05, 3.63) is 29.6 Å². The number of imide groups is 1. The van der Waals surface area contributed by atoms with Crippen LogP contribution < -0.4 is 5.73 Å². The number of nitrogens with two attached hydrogens (primary N) is 1. The maximum Gasteiger partial charge on any atom is 0.230 e. The van der Waals surface area contributed by atoms with Gasteiger partial charge in [-0.3, -0.25) is 14.5 Å². The molecule has 1 heterocycles.